The summed E-state index contributed by atoms with van der Waals surface area (Å²) in [6.07, 6.45) is 6.92. The van der Waals surface area contributed by atoms with Crippen LogP contribution in [0.2, 0.25) is 0 Å². The Labute approximate surface area is 74.7 Å². The monoisotopic (exact) mass is 186 g/mol. The molecule has 11 heavy (non-hydrogen) atoms. The number of nitrogens with zero attached hydrogens (tertiary/aromatic N) is 2. The third kappa shape index (κ3) is 3.39. The number of aromatic nitrogens is 2. The standard InChI is InChI=1S/C7H7ClN2S/c8-2-1-5-11-7-6-9-3-4-10-7/h1-4,6H,5H2/b2-1+. The predicted octanol–water partition coefficient (Wildman–Crippen LogP) is 2.32. The van der Waals surface area contributed by atoms with E-state index in [1.807, 2.05) is 6.08 Å². The first-order valence-corrected chi connectivity index (χ1v) is 4.49. The normalized spacial score (nSPS) is 10.6. The topological polar surface area (TPSA) is 25.8 Å². The summed E-state index contributed by atoms with van der Waals surface area (Å²) in [6, 6.07) is 0. The lowest BCUT2D eigenvalue weighted by molar-refractivity contribution is 1.06. The summed E-state index contributed by atoms with van der Waals surface area (Å²) >= 11 is 6.94. The van der Waals surface area contributed by atoms with Gasteiger partial charge in [0.1, 0.15) is 5.03 Å². The summed E-state index contributed by atoms with van der Waals surface area (Å²) in [6.45, 7) is 0. The molecule has 1 aromatic heterocycles. The number of thioether (sulfide) groups is 1. The van der Waals surface area contributed by atoms with Crippen molar-refractivity contribution in [3.05, 3.63) is 30.2 Å². The Balaban J connectivity index is 2.39. The van der Waals surface area contributed by atoms with E-state index in [1.54, 1.807) is 30.4 Å². The third-order valence-electron chi connectivity index (χ3n) is 0.956. The Hall–Kier alpha value is -0.540. The summed E-state index contributed by atoms with van der Waals surface area (Å²) in [7, 11) is 0. The molecule has 4 heteroatoms. The van der Waals surface area contributed by atoms with Crippen molar-refractivity contribution in [2.45, 2.75) is 5.03 Å². The fraction of sp³-hybridized carbons (Fsp3) is 0.143. The molecule has 0 aliphatic rings. The molecule has 0 saturated heterocycles. The molecule has 0 N–H and O–H groups in total. The lowest BCUT2D eigenvalue weighted by Gasteiger charge is -1.92. The van der Waals surface area contributed by atoms with Crippen molar-refractivity contribution in [2.75, 3.05) is 5.75 Å². The maximum absolute atomic E-state index is 5.34. The van der Waals surface area contributed by atoms with E-state index >= 15 is 0 Å². The van der Waals surface area contributed by atoms with Gasteiger partial charge in [-0.25, -0.2) is 4.98 Å². The zero-order chi connectivity index (χ0) is 7.94. The van der Waals surface area contributed by atoms with Gasteiger partial charge < -0.3 is 0 Å². The molecule has 1 aromatic rings. The SMILES string of the molecule is Cl/C=C/CSc1cnccn1. The van der Waals surface area contributed by atoms with Gasteiger partial charge in [-0.05, 0) is 0 Å². The fourth-order valence-electron chi connectivity index (χ4n) is 0.530. The summed E-state index contributed by atoms with van der Waals surface area (Å²) in [4.78, 5) is 8.00. The van der Waals surface area contributed by atoms with Crippen LogP contribution in [0.25, 0.3) is 0 Å². The maximum atomic E-state index is 5.34. The third-order valence-corrected chi connectivity index (χ3v) is 2.00. The van der Waals surface area contributed by atoms with Crippen molar-refractivity contribution in [3.63, 3.8) is 0 Å². The average Bonchev–Trinajstić information content (AvgIpc) is 2.07. The largest absolute Gasteiger partial charge is 0.260 e. The van der Waals surface area contributed by atoms with Gasteiger partial charge in [0, 0.05) is 23.7 Å². The van der Waals surface area contributed by atoms with Crippen LogP contribution in [-0.4, -0.2) is 15.7 Å². The van der Waals surface area contributed by atoms with Crippen molar-refractivity contribution in [1.29, 1.82) is 0 Å². The molecule has 58 valence electrons. The molecule has 1 rings (SSSR count). The lowest BCUT2D eigenvalue weighted by atomic mass is 10.8. The van der Waals surface area contributed by atoms with Gasteiger partial charge in [0.15, 0.2) is 0 Å². The van der Waals surface area contributed by atoms with Crippen molar-refractivity contribution in [3.8, 4) is 0 Å². The molecular formula is C7H7ClN2S. The maximum Gasteiger partial charge on any atom is 0.115 e. The highest BCUT2D eigenvalue weighted by Crippen LogP contribution is 2.12. The molecule has 0 bridgehead atoms. The molecule has 0 unspecified atom stereocenters. The van der Waals surface area contributed by atoms with Crippen LogP contribution < -0.4 is 0 Å². The summed E-state index contributed by atoms with van der Waals surface area (Å²) in [5, 5.41) is 0.919. The fourth-order valence-corrected chi connectivity index (χ4v) is 1.36. The van der Waals surface area contributed by atoms with E-state index in [4.69, 9.17) is 11.6 Å². The van der Waals surface area contributed by atoms with Crippen molar-refractivity contribution in [2.24, 2.45) is 0 Å². The average molecular weight is 187 g/mol. The van der Waals surface area contributed by atoms with Crippen LogP contribution in [0.15, 0.2) is 35.2 Å². The molecule has 0 amide bonds. The van der Waals surface area contributed by atoms with Gasteiger partial charge >= 0.3 is 0 Å². The van der Waals surface area contributed by atoms with Crippen molar-refractivity contribution < 1.29 is 0 Å². The van der Waals surface area contributed by atoms with Crippen LogP contribution in [0.3, 0.4) is 0 Å². The Morgan fingerprint density at radius 2 is 2.45 bits per heavy atom. The molecule has 0 aromatic carbocycles. The Morgan fingerprint density at radius 1 is 1.55 bits per heavy atom. The zero-order valence-electron chi connectivity index (χ0n) is 5.77. The molecule has 0 radical (unpaired) electrons. The number of hydrogen-bond acceptors (Lipinski definition) is 3. The predicted molar refractivity (Wildman–Crippen MR) is 47.7 cm³/mol. The molecule has 0 aliphatic heterocycles. The highest BCUT2D eigenvalue weighted by atomic mass is 35.5. The first-order valence-electron chi connectivity index (χ1n) is 3.07. The van der Waals surface area contributed by atoms with E-state index in [9.17, 15) is 0 Å². The zero-order valence-corrected chi connectivity index (χ0v) is 7.35. The number of halogens is 1. The first kappa shape index (κ1) is 8.56. The van der Waals surface area contributed by atoms with Gasteiger partial charge in [0.25, 0.3) is 0 Å². The lowest BCUT2D eigenvalue weighted by Crippen LogP contribution is -1.80. The second kappa shape index (κ2) is 5.16. The Bertz CT molecular complexity index is 225. The number of rotatable bonds is 3. The highest BCUT2D eigenvalue weighted by Gasteiger charge is 1.89. The van der Waals surface area contributed by atoms with Gasteiger partial charge in [-0.2, -0.15) is 0 Å². The van der Waals surface area contributed by atoms with Gasteiger partial charge in [-0.3, -0.25) is 4.98 Å². The molecule has 0 saturated carbocycles. The van der Waals surface area contributed by atoms with Crippen LogP contribution in [-0.2, 0) is 0 Å². The van der Waals surface area contributed by atoms with Crippen LogP contribution in [0, 0.1) is 0 Å². The van der Waals surface area contributed by atoms with Gasteiger partial charge in [-0.1, -0.05) is 17.7 Å². The van der Waals surface area contributed by atoms with E-state index in [1.165, 1.54) is 5.54 Å². The van der Waals surface area contributed by atoms with E-state index in [0.29, 0.717) is 0 Å². The number of hydrogen-bond donors (Lipinski definition) is 0. The summed E-state index contributed by atoms with van der Waals surface area (Å²) in [5.41, 5.74) is 1.50. The molecule has 0 spiro atoms. The molecular weight excluding hydrogens is 180 g/mol. The second-order valence-corrected chi connectivity index (χ2v) is 3.01. The first-order chi connectivity index (χ1) is 5.43. The molecule has 0 fully saturated rings. The van der Waals surface area contributed by atoms with Crippen LogP contribution >= 0.6 is 23.4 Å². The molecule has 0 atom stereocenters. The summed E-state index contributed by atoms with van der Waals surface area (Å²) in [5.74, 6) is 0.836. The van der Waals surface area contributed by atoms with Crippen molar-refractivity contribution >= 4 is 23.4 Å². The quantitative estimate of drug-likeness (QED) is 0.678. The second-order valence-electron chi connectivity index (χ2n) is 1.72. The molecule has 1 heterocycles. The Kier molecular flexibility index (Phi) is 4.01. The Morgan fingerprint density at radius 3 is 3.09 bits per heavy atom. The van der Waals surface area contributed by atoms with Crippen LogP contribution in [0.1, 0.15) is 0 Å². The van der Waals surface area contributed by atoms with Gasteiger partial charge in [0.2, 0.25) is 0 Å². The minimum Gasteiger partial charge on any atom is -0.260 e. The molecule has 0 aliphatic carbocycles. The van der Waals surface area contributed by atoms with Gasteiger partial charge in [-0.15, -0.1) is 11.8 Å². The van der Waals surface area contributed by atoms with Crippen LogP contribution in [0.4, 0.5) is 0 Å². The van der Waals surface area contributed by atoms with E-state index in [0.717, 1.165) is 10.8 Å². The van der Waals surface area contributed by atoms with E-state index < -0.39 is 0 Å². The minimum atomic E-state index is 0.836. The van der Waals surface area contributed by atoms with E-state index in [-0.39, 0.29) is 0 Å². The molecule has 2 nitrogen and oxygen atoms in total. The van der Waals surface area contributed by atoms with E-state index in [2.05, 4.69) is 9.97 Å². The minimum absolute atomic E-state index is 0.836. The van der Waals surface area contributed by atoms with Crippen molar-refractivity contribution in [1.82, 2.24) is 9.97 Å². The smallest absolute Gasteiger partial charge is 0.115 e. The van der Waals surface area contributed by atoms with Crippen LogP contribution in [0.5, 0.6) is 0 Å². The van der Waals surface area contributed by atoms with Gasteiger partial charge in [0.05, 0.1) is 6.20 Å². The summed E-state index contributed by atoms with van der Waals surface area (Å²) < 4.78 is 0. The highest BCUT2D eigenvalue weighted by molar-refractivity contribution is 7.99.